The quantitative estimate of drug-likeness (QED) is 0.426. The molecule has 1 unspecified atom stereocenters. The first kappa shape index (κ1) is 26.9. The van der Waals surface area contributed by atoms with Gasteiger partial charge >= 0.3 is 0 Å². The van der Waals surface area contributed by atoms with Crippen LogP contribution in [0.2, 0.25) is 0 Å². The minimum absolute atomic E-state index is 0.0172. The molecule has 180 valence electrons. The van der Waals surface area contributed by atoms with E-state index < -0.39 is 5.41 Å². The number of aliphatic hydroxyl groups is 1. The average molecular weight is 451 g/mol. The van der Waals surface area contributed by atoms with Crippen molar-refractivity contribution in [2.75, 3.05) is 27.2 Å². The molecule has 0 radical (unpaired) electrons. The van der Waals surface area contributed by atoms with Gasteiger partial charge in [0.2, 0.25) is 0 Å². The van der Waals surface area contributed by atoms with E-state index in [4.69, 9.17) is 4.74 Å². The zero-order chi connectivity index (χ0) is 24.4. The maximum Gasteiger partial charge on any atom is 0.122 e. The van der Waals surface area contributed by atoms with Gasteiger partial charge < -0.3 is 14.7 Å². The number of hydrogen-bond acceptors (Lipinski definition) is 4. The summed E-state index contributed by atoms with van der Waals surface area (Å²) in [4.78, 5) is 2.35. The summed E-state index contributed by atoms with van der Waals surface area (Å²) in [6.07, 6.45) is 4.59. The Kier molecular flexibility index (Phi) is 10.4. The second kappa shape index (κ2) is 12.8. The van der Waals surface area contributed by atoms with Gasteiger partial charge in [0.25, 0.3) is 0 Å². The van der Waals surface area contributed by atoms with Gasteiger partial charge in [-0.05, 0) is 85.5 Å². The van der Waals surface area contributed by atoms with Crippen LogP contribution in [0.25, 0.3) is 0 Å². The van der Waals surface area contributed by atoms with Crippen molar-refractivity contribution in [2.24, 2.45) is 5.92 Å². The summed E-state index contributed by atoms with van der Waals surface area (Å²) < 4.78 is 5.53. The Bertz CT molecular complexity index is 932. The van der Waals surface area contributed by atoms with Crippen molar-refractivity contribution in [2.45, 2.75) is 71.8 Å². The number of nitriles is 1. The fraction of sp³-hybridized carbons (Fsp3) is 0.552. The minimum atomic E-state index is -0.541. The summed E-state index contributed by atoms with van der Waals surface area (Å²) in [5.41, 5.74) is 5.12. The predicted molar refractivity (Wildman–Crippen MR) is 137 cm³/mol. The summed E-state index contributed by atoms with van der Waals surface area (Å²) in [5, 5.41) is 20.1. The molecule has 0 aromatic heterocycles. The molecule has 0 heterocycles. The Morgan fingerprint density at radius 1 is 1.03 bits per heavy atom. The normalized spacial score (nSPS) is 13.2. The largest absolute Gasteiger partial charge is 0.496 e. The number of benzene rings is 2. The fourth-order valence-corrected chi connectivity index (χ4v) is 4.71. The SMILES string of the molecule is CCc1ccc(C(C#N)(CCCN(C)CCc2ccc(CC)c(OC)c2)C(C)C)cc1CO. The van der Waals surface area contributed by atoms with Gasteiger partial charge in [-0.25, -0.2) is 0 Å². The van der Waals surface area contributed by atoms with Gasteiger partial charge in [-0.1, -0.05) is 58.0 Å². The maximum atomic E-state index is 10.3. The van der Waals surface area contributed by atoms with Gasteiger partial charge in [0.05, 0.1) is 25.2 Å². The van der Waals surface area contributed by atoms with Gasteiger partial charge in [-0.3, -0.25) is 0 Å². The van der Waals surface area contributed by atoms with Crippen molar-refractivity contribution in [1.82, 2.24) is 4.90 Å². The van der Waals surface area contributed by atoms with E-state index in [1.165, 1.54) is 11.1 Å². The zero-order valence-electron chi connectivity index (χ0n) is 21.4. The molecule has 2 rings (SSSR count). The Hall–Kier alpha value is -2.35. The van der Waals surface area contributed by atoms with E-state index in [9.17, 15) is 10.4 Å². The van der Waals surface area contributed by atoms with Crippen LogP contribution >= 0.6 is 0 Å². The third-order valence-electron chi connectivity index (χ3n) is 7.08. The van der Waals surface area contributed by atoms with E-state index >= 15 is 0 Å². The number of nitrogens with zero attached hydrogens (tertiary/aromatic N) is 2. The fourth-order valence-electron chi connectivity index (χ4n) is 4.71. The molecule has 0 aliphatic rings. The molecule has 2 aromatic rings. The van der Waals surface area contributed by atoms with Crippen LogP contribution in [0.1, 0.15) is 68.4 Å². The molecule has 0 aliphatic heterocycles. The van der Waals surface area contributed by atoms with Gasteiger partial charge in [-0.15, -0.1) is 0 Å². The number of methoxy groups -OCH3 is 1. The van der Waals surface area contributed by atoms with Crippen molar-refractivity contribution in [3.8, 4) is 11.8 Å². The molecule has 0 fully saturated rings. The van der Waals surface area contributed by atoms with Gasteiger partial charge in [0.1, 0.15) is 5.75 Å². The second-order valence-corrected chi connectivity index (χ2v) is 9.39. The van der Waals surface area contributed by atoms with Crippen LogP contribution in [0.4, 0.5) is 0 Å². The van der Waals surface area contributed by atoms with Crippen LogP contribution < -0.4 is 4.74 Å². The molecule has 0 saturated heterocycles. The third-order valence-corrected chi connectivity index (χ3v) is 7.08. The van der Waals surface area contributed by atoms with E-state index in [-0.39, 0.29) is 12.5 Å². The second-order valence-electron chi connectivity index (χ2n) is 9.39. The lowest BCUT2D eigenvalue weighted by Crippen LogP contribution is -2.33. The van der Waals surface area contributed by atoms with Crippen molar-refractivity contribution >= 4 is 0 Å². The third kappa shape index (κ3) is 6.59. The highest BCUT2D eigenvalue weighted by molar-refractivity contribution is 5.40. The summed E-state index contributed by atoms with van der Waals surface area (Å²) in [6, 6.07) is 15.4. The first-order valence-electron chi connectivity index (χ1n) is 12.3. The molecule has 0 spiro atoms. The molecule has 1 atom stereocenters. The molecule has 0 bridgehead atoms. The van der Waals surface area contributed by atoms with Crippen LogP contribution in [0.3, 0.4) is 0 Å². The molecule has 0 aliphatic carbocycles. The maximum absolute atomic E-state index is 10.3. The van der Waals surface area contributed by atoms with Crippen LogP contribution in [0.5, 0.6) is 5.75 Å². The number of ether oxygens (including phenoxy) is 1. The summed E-state index contributed by atoms with van der Waals surface area (Å²) in [5.74, 6) is 1.17. The number of rotatable bonds is 13. The first-order valence-corrected chi connectivity index (χ1v) is 12.3. The summed E-state index contributed by atoms with van der Waals surface area (Å²) in [7, 11) is 3.89. The van der Waals surface area contributed by atoms with Gasteiger partial charge in [0, 0.05) is 6.54 Å². The number of hydrogen-bond donors (Lipinski definition) is 1. The molecule has 0 amide bonds. The van der Waals surface area contributed by atoms with Crippen LogP contribution in [0, 0.1) is 17.2 Å². The molecule has 4 nitrogen and oxygen atoms in total. The highest BCUT2D eigenvalue weighted by Crippen LogP contribution is 2.37. The molecular weight excluding hydrogens is 408 g/mol. The number of likely N-dealkylation sites (N-methyl/N-ethyl adjacent to an activating group) is 1. The summed E-state index contributed by atoms with van der Waals surface area (Å²) in [6.45, 7) is 10.4. The zero-order valence-corrected chi connectivity index (χ0v) is 21.4. The van der Waals surface area contributed by atoms with Crippen LogP contribution in [-0.2, 0) is 31.3 Å². The topological polar surface area (TPSA) is 56.5 Å². The highest BCUT2D eigenvalue weighted by Gasteiger charge is 2.36. The van der Waals surface area contributed by atoms with E-state index in [2.05, 4.69) is 82.1 Å². The Morgan fingerprint density at radius 2 is 1.73 bits per heavy atom. The highest BCUT2D eigenvalue weighted by atomic mass is 16.5. The molecular formula is C29H42N2O2. The van der Waals surface area contributed by atoms with Crippen LogP contribution in [0.15, 0.2) is 36.4 Å². The predicted octanol–water partition coefficient (Wildman–Crippen LogP) is 5.68. The monoisotopic (exact) mass is 450 g/mol. The van der Waals surface area contributed by atoms with E-state index in [0.29, 0.717) is 0 Å². The molecule has 0 saturated carbocycles. The van der Waals surface area contributed by atoms with E-state index in [0.717, 1.165) is 67.6 Å². The first-order chi connectivity index (χ1) is 15.8. The Morgan fingerprint density at radius 3 is 2.30 bits per heavy atom. The summed E-state index contributed by atoms with van der Waals surface area (Å²) >= 11 is 0. The molecule has 1 N–H and O–H groups in total. The molecule has 4 heteroatoms. The Labute approximate surface area is 201 Å². The van der Waals surface area contributed by atoms with Gasteiger partial charge in [0.15, 0.2) is 0 Å². The molecule has 2 aromatic carbocycles. The van der Waals surface area contributed by atoms with Crippen molar-refractivity contribution in [3.05, 3.63) is 64.2 Å². The van der Waals surface area contributed by atoms with Crippen molar-refractivity contribution in [3.63, 3.8) is 0 Å². The van der Waals surface area contributed by atoms with Crippen molar-refractivity contribution < 1.29 is 9.84 Å². The van der Waals surface area contributed by atoms with Gasteiger partial charge in [-0.2, -0.15) is 5.26 Å². The lowest BCUT2D eigenvalue weighted by Gasteiger charge is -2.33. The minimum Gasteiger partial charge on any atom is -0.496 e. The lowest BCUT2D eigenvalue weighted by molar-refractivity contribution is 0.278. The van der Waals surface area contributed by atoms with E-state index in [1.807, 2.05) is 0 Å². The van der Waals surface area contributed by atoms with Crippen LogP contribution in [-0.4, -0.2) is 37.3 Å². The standard InChI is InChI=1S/C29H42N2O2/c1-7-24-12-13-27(19-26(24)20-32)29(21-30,22(3)4)15-9-16-31(5)17-14-23-10-11-25(8-2)28(18-23)33-6/h10-13,18-19,22,32H,7-9,14-17,20H2,1-6H3. The number of aliphatic hydroxyl groups excluding tert-OH is 1. The van der Waals surface area contributed by atoms with E-state index in [1.54, 1.807) is 7.11 Å². The molecule has 33 heavy (non-hydrogen) atoms. The smallest absolute Gasteiger partial charge is 0.122 e. The number of aryl methyl sites for hydroxylation is 2. The van der Waals surface area contributed by atoms with Crippen molar-refractivity contribution in [1.29, 1.82) is 5.26 Å². The average Bonchev–Trinajstić information content (AvgIpc) is 2.84. The Balaban J connectivity index is 2.02. The lowest BCUT2D eigenvalue weighted by atomic mass is 9.69.